The number of aryl methyl sites for hydroxylation is 1. The summed E-state index contributed by atoms with van der Waals surface area (Å²) in [7, 11) is 1.83. The molecule has 0 spiro atoms. The molecule has 1 saturated carbocycles. The van der Waals surface area contributed by atoms with Crippen molar-refractivity contribution in [2.24, 2.45) is 0 Å². The Bertz CT molecular complexity index is 1030. The van der Waals surface area contributed by atoms with Gasteiger partial charge in [0, 0.05) is 25.4 Å². The fourth-order valence-electron chi connectivity index (χ4n) is 4.94. The van der Waals surface area contributed by atoms with Crippen molar-refractivity contribution in [2.45, 2.75) is 71.4 Å². The number of fused-ring (bicyclic) bond motifs is 1. The average Bonchev–Trinajstić information content (AvgIpc) is 3.36. The number of pyridine rings is 2. The van der Waals surface area contributed by atoms with Gasteiger partial charge in [0.05, 0.1) is 29.7 Å². The normalized spacial score (nSPS) is 18.4. The van der Waals surface area contributed by atoms with E-state index in [4.69, 9.17) is 4.74 Å². The van der Waals surface area contributed by atoms with Gasteiger partial charge in [0.1, 0.15) is 17.7 Å². The molecular formula is C25H33N5O3. The van der Waals surface area contributed by atoms with Crippen LogP contribution in [0.4, 0.5) is 23.0 Å². The molecule has 33 heavy (non-hydrogen) atoms. The average molecular weight is 452 g/mol. The Morgan fingerprint density at radius 2 is 1.88 bits per heavy atom. The van der Waals surface area contributed by atoms with Crippen molar-refractivity contribution < 1.29 is 14.3 Å². The Hall–Kier alpha value is -3.16. The Balaban J connectivity index is 1.68. The first kappa shape index (κ1) is 23.0. The number of nitrogens with one attached hydrogen (secondary N) is 1. The van der Waals surface area contributed by atoms with E-state index in [1.54, 1.807) is 18.0 Å². The van der Waals surface area contributed by atoms with Crippen LogP contribution in [0.25, 0.3) is 0 Å². The van der Waals surface area contributed by atoms with Crippen molar-refractivity contribution in [2.75, 3.05) is 28.8 Å². The highest BCUT2D eigenvalue weighted by Crippen LogP contribution is 2.41. The van der Waals surface area contributed by atoms with Crippen LogP contribution in [0.15, 0.2) is 24.5 Å². The molecule has 2 aromatic rings. The Kier molecular flexibility index (Phi) is 6.81. The lowest BCUT2D eigenvalue weighted by Gasteiger charge is -2.44. The number of anilines is 4. The molecule has 8 heteroatoms. The first-order chi connectivity index (χ1) is 16.0. The molecule has 4 rings (SSSR count). The summed E-state index contributed by atoms with van der Waals surface area (Å²) in [5.41, 5.74) is 3.22. The van der Waals surface area contributed by atoms with E-state index in [9.17, 15) is 9.59 Å². The molecule has 176 valence electrons. The van der Waals surface area contributed by atoms with Crippen LogP contribution in [0.2, 0.25) is 0 Å². The molecule has 1 N–H and O–H groups in total. The minimum Gasteiger partial charge on any atom is -0.462 e. The number of aromatic nitrogens is 2. The van der Waals surface area contributed by atoms with E-state index in [0.29, 0.717) is 36.3 Å². The van der Waals surface area contributed by atoms with Crippen LogP contribution >= 0.6 is 0 Å². The highest BCUT2D eigenvalue weighted by molar-refractivity contribution is 6.05. The minimum atomic E-state index is -0.372. The summed E-state index contributed by atoms with van der Waals surface area (Å²) in [6.07, 6.45) is 9.37. The van der Waals surface area contributed by atoms with E-state index in [1.807, 2.05) is 26.1 Å². The number of carbonyl (C=O) groups is 2. The van der Waals surface area contributed by atoms with E-state index >= 15 is 0 Å². The maximum absolute atomic E-state index is 13.1. The number of amides is 1. The summed E-state index contributed by atoms with van der Waals surface area (Å²) in [6, 6.07) is 4.05. The number of carbonyl (C=O) groups excluding carboxylic acids is 2. The number of hydrogen-bond donors (Lipinski definition) is 1. The van der Waals surface area contributed by atoms with Gasteiger partial charge in [-0.25, -0.2) is 14.8 Å². The second kappa shape index (κ2) is 9.77. The van der Waals surface area contributed by atoms with Crippen molar-refractivity contribution in [3.8, 4) is 0 Å². The predicted octanol–water partition coefficient (Wildman–Crippen LogP) is 4.46. The molecule has 1 aliphatic heterocycles. The molecular weight excluding hydrogens is 418 g/mol. The number of rotatable bonds is 7. The molecule has 2 aliphatic rings. The number of esters is 1. The van der Waals surface area contributed by atoms with Crippen LogP contribution in [0.1, 0.15) is 68.8 Å². The van der Waals surface area contributed by atoms with E-state index < -0.39 is 0 Å². The quantitative estimate of drug-likeness (QED) is 0.622. The SMILES string of the molecule is CCOC(=O)c1cnc(Nc2cc3c(cn2)N(C)C(=O)[C@@H](CC)N3C2CCCC2)c(CC)c1. The molecule has 1 amide bonds. The molecule has 1 atom stereocenters. The highest BCUT2D eigenvalue weighted by Gasteiger charge is 2.40. The van der Waals surface area contributed by atoms with Crippen LogP contribution < -0.4 is 15.1 Å². The van der Waals surface area contributed by atoms with Crippen molar-refractivity contribution in [1.29, 1.82) is 0 Å². The molecule has 0 aromatic carbocycles. The second-order valence-electron chi connectivity index (χ2n) is 8.66. The zero-order valence-corrected chi connectivity index (χ0v) is 19.9. The van der Waals surface area contributed by atoms with Gasteiger partial charge >= 0.3 is 5.97 Å². The minimum absolute atomic E-state index is 0.129. The van der Waals surface area contributed by atoms with E-state index in [0.717, 1.165) is 36.2 Å². The molecule has 1 fully saturated rings. The van der Waals surface area contributed by atoms with Crippen molar-refractivity contribution >= 4 is 34.9 Å². The third kappa shape index (κ3) is 4.38. The van der Waals surface area contributed by atoms with E-state index in [-0.39, 0.29) is 17.9 Å². The van der Waals surface area contributed by atoms with E-state index in [1.165, 1.54) is 19.0 Å². The Labute approximate surface area is 195 Å². The largest absolute Gasteiger partial charge is 0.462 e. The number of ether oxygens (including phenoxy) is 1. The van der Waals surface area contributed by atoms with E-state index in [2.05, 4.69) is 27.1 Å². The van der Waals surface area contributed by atoms with Gasteiger partial charge in [-0.15, -0.1) is 0 Å². The van der Waals surface area contributed by atoms with Crippen LogP contribution in [0.3, 0.4) is 0 Å². The topological polar surface area (TPSA) is 87.7 Å². The predicted molar refractivity (Wildman–Crippen MR) is 129 cm³/mol. The molecule has 2 aromatic heterocycles. The zero-order chi connectivity index (χ0) is 23.5. The van der Waals surface area contributed by atoms with Crippen LogP contribution in [-0.2, 0) is 16.0 Å². The fraction of sp³-hybridized carbons (Fsp3) is 0.520. The Morgan fingerprint density at radius 3 is 2.55 bits per heavy atom. The van der Waals surface area contributed by atoms with Crippen molar-refractivity contribution in [3.63, 3.8) is 0 Å². The third-order valence-corrected chi connectivity index (χ3v) is 6.66. The summed E-state index contributed by atoms with van der Waals surface area (Å²) in [4.78, 5) is 38.3. The van der Waals surface area contributed by atoms with Gasteiger partial charge in [0.2, 0.25) is 5.91 Å². The first-order valence-electron chi connectivity index (χ1n) is 12.0. The molecule has 1 aliphatic carbocycles. The molecule has 3 heterocycles. The smallest absolute Gasteiger partial charge is 0.339 e. The molecule has 8 nitrogen and oxygen atoms in total. The fourth-order valence-corrected chi connectivity index (χ4v) is 4.94. The lowest BCUT2D eigenvalue weighted by atomic mass is 10.0. The third-order valence-electron chi connectivity index (χ3n) is 6.66. The number of likely N-dealkylation sites (N-methyl/N-ethyl adjacent to an activating group) is 1. The first-order valence-corrected chi connectivity index (χ1v) is 12.0. The van der Waals surface area contributed by atoms with Gasteiger partial charge in [-0.05, 0) is 44.2 Å². The van der Waals surface area contributed by atoms with Crippen LogP contribution in [-0.4, -0.2) is 47.6 Å². The van der Waals surface area contributed by atoms with Gasteiger partial charge in [-0.3, -0.25) is 4.79 Å². The second-order valence-corrected chi connectivity index (χ2v) is 8.66. The summed E-state index contributed by atoms with van der Waals surface area (Å²) in [5.74, 6) is 1.09. The van der Waals surface area contributed by atoms with Crippen LogP contribution in [0.5, 0.6) is 0 Å². The van der Waals surface area contributed by atoms with Crippen molar-refractivity contribution in [3.05, 3.63) is 35.7 Å². The monoisotopic (exact) mass is 451 g/mol. The van der Waals surface area contributed by atoms with Gasteiger partial charge in [0.25, 0.3) is 0 Å². The Morgan fingerprint density at radius 1 is 1.12 bits per heavy atom. The summed E-state index contributed by atoms with van der Waals surface area (Å²) >= 11 is 0. The van der Waals surface area contributed by atoms with Gasteiger partial charge in [-0.1, -0.05) is 26.7 Å². The maximum atomic E-state index is 13.1. The summed E-state index contributed by atoms with van der Waals surface area (Å²) < 4.78 is 5.10. The summed E-state index contributed by atoms with van der Waals surface area (Å²) in [5, 5.41) is 3.34. The highest BCUT2D eigenvalue weighted by atomic mass is 16.5. The van der Waals surface area contributed by atoms with Gasteiger partial charge in [-0.2, -0.15) is 0 Å². The van der Waals surface area contributed by atoms with Crippen molar-refractivity contribution in [1.82, 2.24) is 9.97 Å². The molecule has 0 saturated heterocycles. The molecule has 0 radical (unpaired) electrons. The van der Waals surface area contributed by atoms with Crippen LogP contribution in [0, 0.1) is 0 Å². The maximum Gasteiger partial charge on any atom is 0.339 e. The lowest BCUT2D eigenvalue weighted by molar-refractivity contribution is -0.120. The van der Waals surface area contributed by atoms with Gasteiger partial charge < -0.3 is 19.9 Å². The number of nitrogens with zero attached hydrogens (tertiary/aromatic N) is 4. The number of hydrogen-bond acceptors (Lipinski definition) is 7. The van der Waals surface area contributed by atoms with Gasteiger partial charge in [0.15, 0.2) is 0 Å². The molecule has 0 bridgehead atoms. The standard InChI is InChI=1S/C25H33N5O3/c1-5-16-12-17(25(32)33-7-3)14-27-23(16)28-22-13-20-21(15-26-22)29(4)24(31)19(6-2)30(20)18-10-8-9-11-18/h12-15,18-19H,5-11H2,1-4H3,(H,26,27,28)/t19-/m1/s1. The molecule has 0 unspecified atom stereocenters. The zero-order valence-electron chi connectivity index (χ0n) is 19.9. The summed E-state index contributed by atoms with van der Waals surface area (Å²) in [6.45, 7) is 6.21. The lowest BCUT2D eigenvalue weighted by Crippen LogP contribution is -2.55.